The Morgan fingerprint density at radius 2 is 1.93 bits per heavy atom. The molecule has 1 spiro atoms. The van der Waals surface area contributed by atoms with Crippen LogP contribution in [0.3, 0.4) is 0 Å². The fourth-order valence-electron chi connectivity index (χ4n) is 3.95. The van der Waals surface area contributed by atoms with Crippen LogP contribution < -0.4 is 4.90 Å². The van der Waals surface area contributed by atoms with Crippen molar-refractivity contribution in [3.63, 3.8) is 0 Å². The molecule has 0 bridgehead atoms. The van der Waals surface area contributed by atoms with Crippen LogP contribution in [-0.4, -0.2) is 62.4 Å². The number of carboxylic acid groups (broad SMARTS) is 1. The predicted molar refractivity (Wildman–Crippen MR) is 94.9 cm³/mol. The van der Waals surface area contributed by atoms with Gasteiger partial charge in [0.05, 0.1) is 6.67 Å². The van der Waals surface area contributed by atoms with Gasteiger partial charge in [0.15, 0.2) is 0 Å². The number of anilines is 1. The number of hydrogen-bond acceptors (Lipinski definition) is 6. The molecule has 0 radical (unpaired) electrons. The molecule has 2 aliphatic rings. The Morgan fingerprint density at radius 3 is 2.52 bits per heavy atom. The van der Waals surface area contributed by atoms with Crippen molar-refractivity contribution in [2.45, 2.75) is 31.8 Å². The summed E-state index contributed by atoms with van der Waals surface area (Å²) in [5.41, 5.74) is 0.196. The number of para-hydroxylation sites is 1. The van der Waals surface area contributed by atoms with Gasteiger partial charge in [-0.25, -0.2) is 4.79 Å². The lowest BCUT2D eigenvalue weighted by Crippen LogP contribution is -2.57. The zero-order chi connectivity index (χ0) is 19.0. The summed E-state index contributed by atoms with van der Waals surface area (Å²) in [6.45, 7) is 3.02. The smallest absolute Gasteiger partial charge is 0.407 e. The van der Waals surface area contributed by atoms with E-state index in [4.69, 9.17) is 4.42 Å². The molecule has 3 heterocycles. The standard InChI is InChI=1S/C18H21N5O4/c1-13-19-20-15(27-13)11-22-12-23(14-5-3-2-4-6-14)18(16(22)24)7-9-21(10-8-18)17(25)26/h2-6H,7-12H2,1H3,(H,25,26). The van der Waals surface area contributed by atoms with E-state index in [1.165, 1.54) is 4.90 Å². The summed E-state index contributed by atoms with van der Waals surface area (Å²) in [5, 5.41) is 17.1. The minimum absolute atomic E-state index is 0.0211. The molecule has 4 rings (SSSR count). The van der Waals surface area contributed by atoms with Crippen molar-refractivity contribution in [3.8, 4) is 0 Å². The summed E-state index contributed by atoms with van der Waals surface area (Å²) < 4.78 is 5.44. The maximum absolute atomic E-state index is 13.4. The summed E-state index contributed by atoms with van der Waals surface area (Å²) in [6, 6.07) is 9.74. The second kappa shape index (κ2) is 6.57. The van der Waals surface area contributed by atoms with Crippen LogP contribution in [-0.2, 0) is 11.3 Å². The highest BCUT2D eigenvalue weighted by atomic mass is 16.4. The van der Waals surface area contributed by atoms with Gasteiger partial charge in [-0.1, -0.05) is 18.2 Å². The molecule has 0 unspecified atom stereocenters. The van der Waals surface area contributed by atoms with E-state index in [-0.39, 0.29) is 12.5 Å². The molecule has 9 heteroatoms. The molecule has 1 N–H and O–H groups in total. The van der Waals surface area contributed by atoms with Crippen molar-refractivity contribution in [2.75, 3.05) is 24.7 Å². The number of hydrogen-bond donors (Lipinski definition) is 1. The van der Waals surface area contributed by atoms with Crippen molar-refractivity contribution in [3.05, 3.63) is 42.1 Å². The van der Waals surface area contributed by atoms with Crippen LogP contribution in [0.2, 0.25) is 0 Å². The van der Waals surface area contributed by atoms with Crippen molar-refractivity contribution < 1.29 is 19.1 Å². The van der Waals surface area contributed by atoms with Gasteiger partial charge in [-0.15, -0.1) is 10.2 Å². The van der Waals surface area contributed by atoms with E-state index < -0.39 is 11.6 Å². The third kappa shape index (κ3) is 2.98. The molecule has 0 aliphatic carbocycles. The van der Waals surface area contributed by atoms with Crippen molar-refractivity contribution >= 4 is 17.7 Å². The van der Waals surface area contributed by atoms with Gasteiger partial charge in [-0.05, 0) is 25.0 Å². The molecule has 2 saturated heterocycles. The minimum atomic E-state index is -0.945. The monoisotopic (exact) mass is 371 g/mol. The maximum Gasteiger partial charge on any atom is 0.407 e. The fraction of sp³-hybridized carbons (Fsp3) is 0.444. The number of piperidine rings is 1. The number of carbonyl (C=O) groups excluding carboxylic acids is 1. The molecule has 9 nitrogen and oxygen atoms in total. The average Bonchev–Trinajstić information content (AvgIpc) is 3.20. The largest absolute Gasteiger partial charge is 0.465 e. The fourth-order valence-corrected chi connectivity index (χ4v) is 3.95. The first-order valence-electron chi connectivity index (χ1n) is 8.88. The molecule has 1 aromatic heterocycles. The summed E-state index contributed by atoms with van der Waals surface area (Å²) in [5.74, 6) is 0.835. The zero-order valence-electron chi connectivity index (χ0n) is 15.0. The van der Waals surface area contributed by atoms with Crippen molar-refractivity contribution in [1.29, 1.82) is 0 Å². The lowest BCUT2D eigenvalue weighted by molar-refractivity contribution is -0.134. The van der Waals surface area contributed by atoms with Crippen LogP contribution in [0.1, 0.15) is 24.6 Å². The van der Waals surface area contributed by atoms with E-state index in [0.717, 1.165) is 5.69 Å². The number of likely N-dealkylation sites (tertiary alicyclic amines) is 1. The van der Waals surface area contributed by atoms with Gasteiger partial charge in [-0.3, -0.25) is 4.79 Å². The van der Waals surface area contributed by atoms with Crippen LogP contribution in [0.25, 0.3) is 0 Å². The highest BCUT2D eigenvalue weighted by molar-refractivity contribution is 5.93. The number of carbonyl (C=O) groups is 2. The molecule has 2 fully saturated rings. The Morgan fingerprint density at radius 1 is 1.22 bits per heavy atom. The van der Waals surface area contributed by atoms with E-state index >= 15 is 0 Å². The summed E-state index contributed by atoms with van der Waals surface area (Å²) >= 11 is 0. The zero-order valence-corrected chi connectivity index (χ0v) is 15.0. The number of nitrogens with zero attached hydrogens (tertiary/aromatic N) is 5. The molecule has 0 atom stereocenters. The number of aromatic nitrogens is 2. The first kappa shape index (κ1) is 17.3. The van der Waals surface area contributed by atoms with Crippen LogP contribution in [0.15, 0.2) is 34.7 Å². The topological polar surface area (TPSA) is 103 Å². The molecule has 2 amide bonds. The van der Waals surface area contributed by atoms with Crippen molar-refractivity contribution in [1.82, 2.24) is 20.0 Å². The van der Waals surface area contributed by atoms with E-state index in [1.807, 2.05) is 30.3 Å². The molecular formula is C18H21N5O4. The van der Waals surface area contributed by atoms with Crippen LogP contribution in [0.5, 0.6) is 0 Å². The normalized spacial score (nSPS) is 19.1. The molecule has 2 aliphatic heterocycles. The van der Waals surface area contributed by atoms with Gasteiger partial charge in [0, 0.05) is 25.7 Å². The quantitative estimate of drug-likeness (QED) is 0.876. The minimum Gasteiger partial charge on any atom is -0.465 e. The summed E-state index contributed by atoms with van der Waals surface area (Å²) in [6.07, 6.45) is -0.0431. The average molecular weight is 371 g/mol. The Labute approximate surface area is 156 Å². The first-order chi connectivity index (χ1) is 13.0. The van der Waals surface area contributed by atoms with Crippen LogP contribution in [0.4, 0.5) is 10.5 Å². The number of amides is 2. The number of benzene rings is 1. The number of rotatable bonds is 3. The van der Waals surface area contributed by atoms with E-state index in [2.05, 4.69) is 15.1 Å². The Hall–Kier alpha value is -3.10. The lowest BCUT2D eigenvalue weighted by atomic mass is 9.85. The van der Waals surface area contributed by atoms with Gasteiger partial charge in [0.2, 0.25) is 11.8 Å². The third-order valence-corrected chi connectivity index (χ3v) is 5.34. The van der Waals surface area contributed by atoms with Crippen LogP contribution >= 0.6 is 0 Å². The van der Waals surface area contributed by atoms with Gasteiger partial charge < -0.3 is 24.2 Å². The van der Waals surface area contributed by atoms with Gasteiger partial charge in [-0.2, -0.15) is 0 Å². The van der Waals surface area contributed by atoms with Gasteiger partial charge in [0.1, 0.15) is 12.1 Å². The third-order valence-electron chi connectivity index (χ3n) is 5.34. The Bertz CT molecular complexity index is 844. The molecule has 27 heavy (non-hydrogen) atoms. The number of aryl methyl sites for hydroxylation is 1. The summed E-state index contributed by atoms with van der Waals surface area (Å²) in [4.78, 5) is 29.8. The van der Waals surface area contributed by atoms with Gasteiger partial charge in [0.25, 0.3) is 5.91 Å². The maximum atomic E-state index is 13.4. The highest BCUT2D eigenvalue weighted by Crippen LogP contribution is 2.39. The first-order valence-corrected chi connectivity index (χ1v) is 8.88. The summed E-state index contributed by atoms with van der Waals surface area (Å²) in [7, 11) is 0. The van der Waals surface area contributed by atoms with Crippen molar-refractivity contribution in [2.24, 2.45) is 0 Å². The molecule has 1 aromatic carbocycles. The van der Waals surface area contributed by atoms with E-state index in [0.29, 0.717) is 44.4 Å². The highest BCUT2D eigenvalue weighted by Gasteiger charge is 2.54. The lowest BCUT2D eigenvalue weighted by Gasteiger charge is -2.42. The molecular weight excluding hydrogens is 350 g/mol. The predicted octanol–water partition coefficient (Wildman–Crippen LogP) is 1.70. The second-order valence-electron chi connectivity index (χ2n) is 6.92. The van der Waals surface area contributed by atoms with Gasteiger partial charge >= 0.3 is 6.09 Å². The Kier molecular flexibility index (Phi) is 4.21. The van der Waals surface area contributed by atoms with Crippen LogP contribution in [0, 0.1) is 6.92 Å². The van der Waals surface area contributed by atoms with E-state index in [1.54, 1.807) is 11.8 Å². The molecule has 2 aromatic rings. The Balaban J connectivity index is 1.63. The SMILES string of the molecule is Cc1nnc(CN2CN(c3ccccc3)C3(CCN(C(=O)O)CC3)C2=O)o1. The molecule has 142 valence electrons. The second-order valence-corrected chi connectivity index (χ2v) is 6.92. The molecule has 0 saturated carbocycles. The van der Waals surface area contributed by atoms with E-state index in [9.17, 15) is 14.7 Å².